The van der Waals surface area contributed by atoms with E-state index in [1.54, 1.807) is 24.4 Å². The van der Waals surface area contributed by atoms with Gasteiger partial charge in [0.15, 0.2) is 0 Å². The van der Waals surface area contributed by atoms with Crippen molar-refractivity contribution in [2.24, 2.45) is 0 Å². The molecule has 0 saturated heterocycles. The number of fused-ring (bicyclic) bond motifs is 1. The molecule has 0 unspecified atom stereocenters. The number of non-ortho nitro benzene ring substituents is 1. The van der Waals surface area contributed by atoms with Gasteiger partial charge in [-0.15, -0.1) is 0 Å². The van der Waals surface area contributed by atoms with Crippen molar-refractivity contribution in [3.8, 4) is 10.9 Å². The summed E-state index contributed by atoms with van der Waals surface area (Å²) in [5.41, 5.74) is 2.76. The average molecular weight is 408 g/mol. The second kappa shape index (κ2) is 7.48. The van der Waals surface area contributed by atoms with Gasteiger partial charge in [-0.1, -0.05) is 23.5 Å². The van der Waals surface area contributed by atoms with Crippen LogP contribution >= 0.6 is 11.3 Å². The van der Waals surface area contributed by atoms with Gasteiger partial charge in [0.2, 0.25) is 0 Å². The summed E-state index contributed by atoms with van der Waals surface area (Å²) in [6.07, 6.45) is 1.91. The lowest BCUT2D eigenvalue weighted by Crippen LogP contribution is -2.11. The number of hydrogen-bond donors (Lipinski definition) is 0. The summed E-state index contributed by atoms with van der Waals surface area (Å²) < 4.78 is 11.3. The highest BCUT2D eigenvalue weighted by Gasteiger charge is 2.16. The van der Waals surface area contributed by atoms with E-state index in [9.17, 15) is 14.9 Å². The minimum Gasteiger partial charge on any atom is -0.430 e. The third kappa shape index (κ3) is 3.74. The molecule has 2 heterocycles. The number of aryl methyl sites for hydroxylation is 2. The van der Waals surface area contributed by atoms with Crippen molar-refractivity contribution in [2.75, 3.05) is 0 Å². The monoisotopic (exact) mass is 408 g/mol. The van der Waals surface area contributed by atoms with Crippen LogP contribution in [0.25, 0.3) is 11.0 Å². The number of thiazole rings is 1. The number of aromatic nitrogens is 1. The Bertz CT molecular complexity index is 1280. The lowest BCUT2D eigenvalue weighted by molar-refractivity contribution is -0.384. The maximum absolute atomic E-state index is 12.6. The van der Waals surface area contributed by atoms with Gasteiger partial charge in [0, 0.05) is 47.1 Å². The molecule has 2 aromatic heterocycles. The molecule has 0 fully saturated rings. The van der Waals surface area contributed by atoms with Crippen molar-refractivity contribution >= 4 is 28.0 Å². The number of nitro groups is 1. The summed E-state index contributed by atoms with van der Waals surface area (Å²) in [6, 6.07) is 9.86. The molecule has 7 nitrogen and oxygen atoms in total. The number of rotatable bonds is 5. The Morgan fingerprint density at radius 3 is 2.79 bits per heavy atom. The topological polar surface area (TPSA) is 95.5 Å². The highest BCUT2D eigenvalue weighted by atomic mass is 32.1. The third-order valence-electron chi connectivity index (χ3n) is 4.69. The second-order valence-corrected chi connectivity index (χ2v) is 7.47. The van der Waals surface area contributed by atoms with Crippen LogP contribution < -0.4 is 10.4 Å². The van der Waals surface area contributed by atoms with Crippen LogP contribution in [0.2, 0.25) is 0 Å². The second-order valence-electron chi connectivity index (χ2n) is 6.61. The Kier molecular flexibility index (Phi) is 4.85. The molecule has 0 radical (unpaired) electrons. The number of ether oxygens (including phenoxy) is 1. The first-order chi connectivity index (χ1) is 13.9. The van der Waals surface area contributed by atoms with Crippen molar-refractivity contribution in [2.45, 2.75) is 20.3 Å². The Hall–Kier alpha value is -3.52. The van der Waals surface area contributed by atoms with Crippen LogP contribution in [-0.2, 0) is 6.42 Å². The van der Waals surface area contributed by atoms with Crippen LogP contribution in [0, 0.1) is 24.0 Å². The fourth-order valence-corrected chi connectivity index (χ4v) is 3.68. The Balaban J connectivity index is 1.76. The molecule has 0 aliphatic rings. The van der Waals surface area contributed by atoms with Crippen molar-refractivity contribution < 1.29 is 14.1 Å². The summed E-state index contributed by atoms with van der Waals surface area (Å²) >= 11 is 1.37. The molecule has 4 rings (SSSR count). The van der Waals surface area contributed by atoms with Crippen LogP contribution in [0.15, 0.2) is 57.2 Å². The van der Waals surface area contributed by atoms with E-state index in [0.717, 1.165) is 16.5 Å². The zero-order valence-electron chi connectivity index (χ0n) is 15.7. The van der Waals surface area contributed by atoms with E-state index in [2.05, 4.69) is 4.98 Å². The molecule has 8 heteroatoms. The van der Waals surface area contributed by atoms with Crippen LogP contribution in [0.3, 0.4) is 0 Å². The molecule has 0 N–H and O–H groups in total. The van der Waals surface area contributed by atoms with Gasteiger partial charge >= 0.3 is 5.63 Å². The normalized spacial score (nSPS) is 11.0. The molecule has 146 valence electrons. The fourth-order valence-electron chi connectivity index (χ4n) is 3.18. The van der Waals surface area contributed by atoms with Crippen molar-refractivity contribution in [1.82, 2.24) is 4.98 Å². The van der Waals surface area contributed by atoms with E-state index in [1.165, 1.54) is 23.5 Å². The maximum Gasteiger partial charge on any atom is 0.340 e. The molecule has 0 atom stereocenters. The first kappa shape index (κ1) is 18.8. The minimum absolute atomic E-state index is 0.00912. The molecular weight excluding hydrogens is 392 g/mol. The van der Waals surface area contributed by atoms with Gasteiger partial charge in [-0.3, -0.25) is 10.1 Å². The molecule has 29 heavy (non-hydrogen) atoms. The predicted octanol–water partition coefficient (Wildman–Crippen LogP) is 5.16. The molecule has 0 amide bonds. The van der Waals surface area contributed by atoms with Crippen molar-refractivity contribution in [3.05, 3.63) is 90.8 Å². The Morgan fingerprint density at radius 2 is 2.07 bits per heavy atom. The van der Waals surface area contributed by atoms with Gasteiger partial charge in [0.1, 0.15) is 11.3 Å². The summed E-state index contributed by atoms with van der Waals surface area (Å²) in [6.45, 7) is 3.76. The van der Waals surface area contributed by atoms with Crippen LogP contribution in [0.4, 0.5) is 5.69 Å². The van der Waals surface area contributed by atoms with Crippen LogP contribution in [0.5, 0.6) is 10.9 Å². The van der Waals surface area contributed by atoms with E-state index in [4.69, 9.17) is 9.15 Å². The molecule has 2 aromatic carbocycles. The van der Waals surface area contributed by atoms with Crippen molar-refractivity contribution in [1.29, 1.82) is 0 Å². The SMILES string of the molecule is Cc1cc2c(C)c(Cc3cccc([N+](=O)[O-])c3)c(=O)oc2cc1Oc1nccs1. The Labute approximate surface area is 169 Å². The molecule has 0 aliphatic carbocycles. The standard InChI is InChI=1S/C21H16N2O5S/c1-12-8-16-13(2)17(10-14-4-3-5-15(9-14)23(25)26)20(24)27-19(16)11-18(12)28-21-22-6-7-29-21/h3-9,11H,10H2,1-2H3. The van der Waals surface area contributed by atoms with Gasteiger partial charge in [-0.05, 0) is 36.6 Å². The zero-order valence-corrected chi connectivity index (χ0v) is 16.5. The molecule has 0 spiro atoms. The number of nitrogens with zero attached hydrogens (tertiary/aromatic N) is 2. The average Bonchev–Trinajstić information content (AvgIpc) is 3.20. The molecule has 0 bridgehead atoms. The minimum atomic E-state index is -0.467. The first-order valence-corrected chi connectivity index (χ1v) is 9.68. The lowest BCUT2D eigenvalue weighted by atomic mass is 9.98. The summed E-state index contributed by atoms with van der Waals surface area (Å²) in [5, 5.41) is 14.1. The van der Waals surface area contributed by atoms with Crippen LogP contribution in [0.1, 0.15) is 22.3 Å². The summed E-state index contributed by atoms with van der Waals surface area (Å²) in [4.78, 5) is 27.3. The smallest absolute Gasteiger partial charge is 0.340 e. The van der Waals surface area contributed by atoms with Gasteiger partial charge < -0.3 is 9.15 Å². The molecule has 0 aliphatic heterocycles. The number of nitro benzene ring substituents is 1. The largest absolute Gasteiger partial charge is 0.430 e. The van der Waals surface area contributed by atoms with E-state index in [-0.39, 0.29) is 12.1 Å². The maximum atomic E-state index is 12.6. The number of benzene rings is 2. The summed E-state index contributed by atoms with van der Waals surface area (Å²) in [7, 11) is 0. The first-order valence-electron chi connectivity index (χ1n) is 8.80. The molecule has 0 saturated carbocycles. The predicted molar refractivity (Wildman–Crippen MR) is 110 cm³/mol. The van der Waals surface area contributed by atoms with Gasteiger partial charge in [0.05, 0.1) is 4.92 Å². The molecular formula is C21H16N2O5S. The zero-order chi connectivity index (χ0) is 20.5. The van der Waals surface area contributed by atoms with Gasteiger partial charge in [-0.25, -0.2) is 9.78 Å². The van der Waals surface area contributed by atoms with Crippen LogP contribution in [-0.4, -0.2) is 9.91 Å². The highest BCUT2D eigenvalue weighted by Crippen LogP contribution is 2.32. The number of hydrogen-bond acceptors (Lipinski definition) is 7. The van der Waals surface area contributed by atoms with E-state index >= 15 is 0 Å². The van der Waals surface area contributed by atoms with E-state index < -0.39 is 10.5 Å². The van der Waals surface area contributed by atoms with Crippen molar-refractivity contribution in [3.63, 3.8) is 0 Å². The van der Waals surface area contributed by atoms with E-state index in [0.29, 0.717) is 27.7 Å². The highest BCUT2D eigenvalue weighted by molar-refractivity contribution is 7.11. The Morgan fingerprint density at radius 1 is 1.24 bits per heavy atom. The van der Waals surface area contributed by atoms with E-state index in [1.807, 2.05) is 25.3 Å². The summed E-state index contributed by atoms with van der Waals surface area (Å²) in [5.74, 6) is 0.571. The van der Waals surface area contributed by atoms with Gasteiger partial charge in [0.25, 0.3) is 10.9 Å². The van der Waals surface area contributed by atoms with Gasteiger partial charge in [-0.2, -0.15) is 0 Å². The third-order valence-corrected chi connectivity index (χ3v) is 5.34. The quantitative estimate of drug-likeness (QED) is 0.257. The lowest BCUT2D eigenvalue weighted by Gasteiger charge is -2.11. The molecule has 4 aromatic rings. The fraction of sp³-hybridized carbons (Fsp3) is 0.143.